The lowest BCUT2D eigenvalue weighted by Crippen LogP contribution is -2.50. The summed E-state index contributed by atoms with van der Waals surface area (Å²) in [5.41, 5.74) is 0.829. The highest BCUT2D eigenvalue weighted by molar-refractivity contribution is 5.72. The highest BCUT2D eigenvalue weighted by Gasteiger charge is 2.24. The average Bonchev–Trinajstić information content (AvgIpc) is 2.72. The summed E-state index contributed by atoms with van der Waals surface area (Å²) in [6.07, 6.45) is 11.1. The predicted molar refractivity (Wildman–Crippen MR) is 122 cm³/mol. The minimum Gasteiger partial charge on any atom is -0.480 e. The van der Waals surface area contributed by atoms with E-state index in [1.807, 2.05) is 30.3 Å². The van der Waals surface area contributed by atoms with Gasteiger partial charge in [-0.1, -0.05) is 71.6 Å². The third kappa shape index (κ3) is 13.6. The van der Waals surface area contributed by atoms with Gasteiger partial charge in [-0.15, -0.1) is 0 Å². The molecule has 0 saturated carbocycles. The summed E-state index contributed by atoms with van der Waals surface area (Å²) < 4.78 is 1.42. The maximum atomic E-state index is 10.1. The van der Waals surface area contributed by atoms with Gasteiger partial charge in [0.05, 0.1) is 26.2 Å². The number of aliphatic carboxylic acids is 1. The van der Waals surface area contributed by atoms with E-state index in [0.29, 0.717) is 0 Å². The number of nitrogens with one attached hydrogen (secondary N) is 1. The van der Waals surface area contributed by atoms with Crippen LogP contribution in [0.5, 0.6) is 0 Å². The third-order valence-corrected chi connectivity index (χ3v) is 5.16. The smallest absolute Gasteiger partial charge is 0.322 e. The Hall–Kier alpha value is -1.55. The molecule has 0 aliphatic carbocycles. The molecule has 162 valence electrons. The van der Waals surface area contributed by atoms with Gasteiger partial charge in [0.2, 0.25) is 0 Å². The summed E-state index contributed by atoms with van der Waals surface area (Å²) in [6.45, 7) is 15.0. The lowest BCUT2D eigenvalue weighted by Gasteiger charge is -2.39. The molecule has 0 amide bonds. The third-order valence-electron chi connectivity index (χ3n) is 5.16. The van der Waals surface area contributed by atoms with Crippen LogP contribution in [-0.4, -0.2) is 48.3 Å². The zero-order chi connectivity index (χ0) is 21.1. The molecule has 1 aromatic rings. The second kappa shape index (κ2) is 17.5. The largest absolute Gasteiger partial charge is 0.480 e. The Bertz CT molecular complexity index is 439. The van der Waals surface area contributed by atoms with E-state index in [0.717, 1.165) is 5.69 Å². The standard InChI is InChI=1S/C16H36N.C8H9NO2/c1-5-9-13-17(14-10-6-2,15-11-7-3)16-12-8-4;10-8(11)6-9-7-4-2-1-3-5-7/h5-16H2,1-4H3;1-5,9H,6H2,(H,10,11)/q+1;. The van der Waals surface area contributed by atoms with Gasteiger partial charge in [-0.25, -0.2) is 0 Å². The summed E-state index contributed by atoms with van der Waals surface area (Å²) in [7, 11) is 0. The van der Waals surface area contributed by atoms with Crippen molar-refractivity contribution in [1.82, 2.24) is 0 Å². The lowest BCUT2D eigenvalue weighted by molar-refractivity contribution is -0.929. The molecule has 0 spiro atoms. The van der Waals surface area contributed by atoms with Crippen LogP contribution in [0.1, 0.15) is 79.1 Å². The van der Waals surface area contributed by atoms with Crippen LogP contribution >= 0.6 is 0 Å². The molecule has 0 saturated heterocycles. The number of nitrogens with zero attached hydrogens (tertiary/aromatic N) is 1. The van der Waals surface area contributed by atoms with Gasteiger partial charge in [-0.2, -0.15) is 0 Å². The Balaban J connectivity index is 0.000000567. The van der Waals surface area contributed by atoms with Crippen LogP contribution in [0.15, 0.2) is 30.3 Å². The Morgan fingerprint density at radius 2 is 1.18 bits per heavy atom. The minimum absolute atomic E-state index is 0.0377. The van der Waals surface area contributed by atoms with Gasteiger partial charge in [0, 0.05) is 5.69 Å². The molecule has 0 aromatic heterocycles. The number of hydrogen-bond acceptors (Lipinski definition) is 2. The number of carbonyl (C=O) groups is 1. The molecule has 2 N–H and O–H groups in total. The van der Waals surface area contributed by atoms with Crippen molar-refractivity contribution in [2.24, 2.45) is 0 Å². The van der Waals surface area contributed by atoms with Crippen LogP contribution in [0.25, 0.3) is 0 Å². The van der Waals surface area contributed by atoms with E-state index < -0.39 is 5.97 Å². The van der Waals surface area contributed by atoms with Crippen molar-refractivity contribution in [1.29, 1.82) is 0 Å². The van der Waals surface area contributed by atoms with Crippen LogP contribution in [0, 0.1) is 0 Å². The van der Waals surface area contributed by atoms with Crippen molar-refractivity contribution in [2.45, 2.75) is 79.1 Å². The van der Waals surface area contributed by atoms with Crippen LogP contribution in [0.3, 0.4) is 0 Å². The summed E-state index contributed by atoms with van der Waals surface area (Å²) in [5.74, 6) is -0.853. The van der Waals surface area contributed by atoms with E-state index in [9.17, 15) is 4.79 Å². The zero-order valence-corrected chi connectivity index (χ0v) is 18.9. The monoisotopic (exact) mass is 393 g/mol. The topological polar surface area (TPSA) is 49.3 Å². The van der Waals surface area contributed by atoms with Gasteiger partial charge in [-0.05, 0) is 37.8 Å². The first-order valence-electron chi connectivity index (χ1n) is 11.4. The van der Waals surface area contributed by atoms with E-state index in [4.69, 9.17) is 5.11 Å². The molecule has 0 aliphatic rings. The number of carboxylic acid groups (broad SMARTS) is 1. The van der Waals surface area contributed by atoms with E-state index >= 15 is 0 Å². The number of hydrogen-bond donors (Lipinski definition) is 2. The molecular formula is C24H45N2O2+. The molecule has 0 bridgehead atoms. The second-order valence-corrected chi connectivity index (χ2v) is 7.76. The molecule has 1 rings (SSSR count). The first-order valence-corrected chi connectivity index (χ1v) is 11.4. The molecule has 0 aliphatic heterocycles. The Kier molecular flexibility index (Phi) is 16.6. The summed E-state index contributed by atoms with van der Waals surface area (Å²) in [6, 6.07) is 9.23. The quantitative estimate of drug-likeness (QED) is 0.349. The van der Waals surface area contributed by atoms with Crippen molar-refractivity contribution in [3.8, 4) is 0 Å². The first-order chi connectivity index (χ1) is 13.5. The molecule has 4 nitrogen and oxygen atoms in total. The Morgan fingerprint density at radius 1 is 0.786 bits per heavy atom. The van der Waals surface area contributed by atoms with Crippen molar-refractivity contribution >= 4 is 11.7 Å². The number of unbranched alkanes of at least 4 members (excludes halogenated alkanes) is 4. The van der Waals surface area contributed by atoms with Crippen LogP contribution in [0.2, 0.25) is 0 Å². The SMILES string of the molecule is CCCC[N+](CCCC)(CCCC)CCCC.O=C(O)CNc1ccccc1. The van der Waals surface area contributed by atoms with E-state index in [2.05, 4.69) is 33.0 Å². The molecule has 0 fully saturated rings. The second-order valence-electron chi connectivity index (χ2n) is 7.76. The summed E-state index contributed by atoms with van der Waals surface area (Å²) >= 11 is 0. The minimum atomic E-state index is -0.853. The fourth-order valence-corrected chi connectivity index (χ4v) is 3.38. The fourth-order valence-electron chi connectivity index (χ4n) is 3.38. The summed E-state index contributed by atoms with van der Waals surface area (Å²) in [4.78, 5) is 10.1. The number of anilines is 1. The predicted octanol–water partition coefficient (Wildman–Crippen LogP) is 6.19. The Labute approximate surface area is 173 Å². The van der Waals surface area contributed by atoms with Gasteiger partial charge in [-0.3, -0.25) is 4.79 Å². The van der Waals surface area contributed by atoms with Crippen molar-refractivity contribution < 1.29 is 14.4 Å². The maximum Gasteiger partial charge on any atom is 0.322 e. The van der Waals surface area contributed by atoms with E-state index in [-0.39, 0.29) is 6.54 Å². The number of carboxylic acids is 1. The molecule has 0 unspecified atom stereocenters. The molecule has 0 radical (unpaired) electrons. The first kappa shape index (κ1) is 26.4. The average molecular weight is 394 g/mol. The normalized spacial score (nSPS) is 10.9. The van der Waals surface area contributed by atoms with Gasteiger partial charge < -0.3 is 14.9 Å². The van der Waals surface area contributed by atoms with Crippen molar-refractivity contribution in [3.05, 3.63) is 30.3 Å². The molecule has 28 heavy (non-hydrogen) atoms. The highest BCUT2D eigenvalue weighted by Crippen LogP contribution is 2.16. The van der Waals surface area contributed by atoms with Gasteiger partial charge >= 0.3 is 5.97 Å². The van der Waals surface area contributed by atoms with Gasteiger partial charge in [0.1, 0.15) is 6.54 Å². The fraction of sp³-hybridized carbons (Fsp3) is 0.708. The van der Waals surface area contributed by atoms with Gasteiger partial charge in [0.25, 0.3) is 0 Å². The molecule has 0 atom stereocenters. The van der Waals surface area contributed by atoms with Crippen LogP contribution < -0.4 is 5.32 Å². The lowest BCUT2D eigenvalue weighted by atomic mass is 10.1. The molecule has 0 heterocycles. The molecule has 1 aromatic carbocycles. The van der Waals surface area contributed by atoms with E-state index in [1.54, 1.807) is 0 Å². The number of rotatable bonds is 15. The van der Waals surface area contributed by atoms with Crippen molar-refractivity contribution in [3.63, 3.8) is 0 Å². The number of benzene rings is 1. The van der Waals surface area contributed by atoms with E-state index in [1.165, 1.54) is 82.0 Å². The maximum absolute atomic E-state index is 10.1. The molecule has 4 heteroatoms. The zero-order valence-electron chi connectivity index (χ0n) is 18.9. The van der Waals surface area contributed by atoms with Crippen LogP contribution in [0.4, 0.5) is 5.69 Å². The summed E-state index contributed by atoms with van der Waals surface area (Å²) in [5, 5.41) is 11.1. The van der Waals surface area contributed by atoms with Crippen LogP contribution in [-0.2, 0) is 4.79 Å². The molecular weight excluding hydrogens is 348 g/mol. The van der Waals surface area contributed by atoms with Crippen molar-refractivity contribution in [2.75, 3.05) is 38.0 Å². The Morgan fingerprint density at radius 3 is 1.50 bits per heavy atom. The highest BCUT2D eigenvalue weighted by atomic mass is 16.4. The number of quaternary nitrogens is 1. The van der Waals surface area contributed by atoms with Gasteiger partial charge in [0.15, 0.2) is 0 Å². The number of para-hydroxylation sites is 1.